The predicted molar refractivity (Wildman–Crippen MR) is 72.6 cm³/mol. The van der Waals surface area contributed by atoms with Crippen LogP contribution in [0.5, 0.6) is 0 Å². The van der Waals surface area contributed by atoms with Crippen molar-refractivity contribution in [2.45, 2.75) is 31.6 Å². The van der Waals surface area contributed by atoms with E-state index >= 15 is 0 Å². The van der Waals surface area contributed by atoms with Crippen LogP contribution in [0.15, 0.2) is 0 Å². The molecule has 2 aliphatic rings. The molecule has 86 valence electrons. The molecule has 0 amide bonds. The molecule has 0 spiro atoms. The number of nitrogens with zero attached hydrogens (tertiary/aromatic N) is 3. The number of nitrogens with two attached hydrogens (primary N) is 1. The van der Waals surface area contributed by atoms with Gasteiger partial charge in [-0.3, -0.25) is 0 Å². The third-order valence-electron chi connectivity index (χ3n) is 3.24. The Kier molecular flexibility index (Phi) is 2.65. The van der Waals surface area contributed by atoms with E-state index in [1.165, 1.54) is 31.4 Å². The van der Waals surface area contributed by atoms with Crippen molar-refractivity contribution in [2.75, 3.05) is 23.7 Å². The van der Waals surface area contributed by atoms with Gasteiger partial charge in [-0.15, -0.1) is 0 Å². The van der Waals surface area contributed by atoms with Crippen molar-refractivity contribution in [1.82, 2.24) is 9.97 Å². The number of hydrogen-bond acceptors (Lipinski definition) is 4. The monoisotopic (exact) mass is 330 g/mol. The number of nitrogen functional groups attached to an aromatic ring is 1. The molecule has 16 heavy (non-hydrogen) atoms. The summed E-state index contributed by atoms with van der Waals surface area (Å²) in [6.45, 7) is 2.15. The van der Waals surface area contributed by atoms with Crippen LogP contribution < -0.4 is 10.6 Å². The van der Waals surface area contributed by atoms with Crippen molar-refractivity contribution >= 4 is 34.4 Å². The molecule has 0 aromatic carbocycles. The second-order valence-electron chi connectivity index (χ2n) is 4.58. The summed E-state index contributed by atoms with van der Waals surface area (Å²) in [6.07, 6.45) is 5.00. The molecule has 1 aliphatic carbocycles. The largest absolute Gasteiger partial charge is 0.383 e. The van der Waals surface area contributed by atoms with Crippen LogP contribution in [-0.2, 0) is 0 Å². The standard InChI is InChI=1S/C11H15IN4/c12-8-9(7-3-4-7)14-11(15-10(8)13)16-5-1-2-6-16/h7H,1-6H2,(H2,13,14,15). The van der Waals surface area contributed by atoms with Crippen LogP contribution in [0.2, 0.25) is 0 Å². The van der Waals surface area contributed by atoms with Gasteiger partial charge in [0, 0.05) is 19.0 Å². The Morgan fingerprint density at radius 2 is 1.88 bits per heavy atom. The molecule has 1 saturated heterocycles. The fourth-order valence-corrected chi connectivity index (χ4v) is 2.84. The Morgan fingerprint density at radius 3 is 2.50 bits per heavy atom. The van der Waals surface area contributed by atoms with E-state index in [1.54, 1.807) is 0 Å². The number of hydrogen-bond donors (Lipinski definition) is 1. The van der Waals surface area contributed by atoms with E-state index in [0.717, 1.165) is 22.6 Å². The van der Waals surface area contributed by atoms with Gasteiger partial charge in [-0.25, -0.2) is 4.98 Å². The topological polar surface area (TPSA) is 55.0 Å². The van der Waals surface area contributed by atoms with Gasteiger partial charge in [0.15, 0.2) is 0 Å². The number of aromatic nitrogens is 2. The molecule has 4 nitrogen and oxygen atoms in total. The first-order valence-electron chi connectivity index (χ1n) is 5.83. The minimum absolute atomic E-state index is 0.638. The first kappa shape index (κ1) is 10.6. The minimum Gasteiger partial charge on any atom is -0.383 e. The highest BCUT2D eigenvalue weighted by Crippen LogP contribution is 2.42. The minimum atomic E-state index is 0.638. The lowest BCUT2D eigenvalue weighted by molar-refractivity contribution is 0.869. The van der Waals surface area contributed by atoms with Gasteiger partial charge in [-0.2, -0.15) is 4.98 Å². The summed E-state index contributed by atoms with van der Waals surface area (Å²) < 4.78 is 1.06. The summed E-state index contributed by atoms with van der Waals surface area (Å²) in [4.78, 5) is 11.4. The lowest BCUT2D eigenvalue weighted by atomic mass is 10.3. The van der Waals surface area contributed by atoms with Crippen LogP contribution in [-0.4, -0.2) is 23.1 Å². The van der Waals surface area contributed by atoms with Crippen molar-refractivity contribution < 1.29 is 0 Å². The van der Waals surface area contributed by atoms with Crippen LogP contribution in [0.3, 0.4) is 0 Å². The lowest BCUT2D eigenvalue weighted by Gasteiger charge is -2.17. The smallest absolute Gasteiger partial charge is 0.227 e. The van der Waals surface area contributed by atoms with Gasteiger partial charge in [0.25, 0.3) is 0 Å². The van der Waals surface area contributed by atoms with Crippen molar-refractivity contribution in [2.24, 2.45) is 0 Å². The first-order chi connectivity index (χ1) is 7.75. The fraction of sp³-hybridized carbons (Fsp3) is 0.636. The van der Waals surface area contributed by atoms with Gasteiger partial charge in [0.1, 0.15) is 5.82 Å². The first-order valence-corrected chi connectivity index (χ1v) is 6.91. The highest BCUT2D eigenvalue weighted by atomic mass is 127. The van der Waals surface area contributed by atoms with Gasteiger partial charge >= 0.3 is 0 Å². The number of anilines is 2. The Morgan fingerprint density at radius 1 is 1.19 bits per heavy atom. The zero-order valence-electron chi connectivity index (χ0n) is 9.12. The van der Waals surface area contributed by atoms with E-state index in [-0.39, 0.29) is 0 Å². The van der Waals surface area contributed by atoms with Crippen LogP contribution in [0.1, 0.15) is 37.3 Å². The molecule has 1 aliphatic heterocycles. The second kappa shape index (κ2) is 4.01. The van der Waals surface area contributed by atoms with Gasteiger partial charge in [0.05, 0.1) is 9.26 Å². The average molecular weight is 330 g/mol. The van der Waals surface area contributed by atoms with Gasteiger partial charge in [-0.1, -0.05) is 0 Å². The molecule has 0 unspecified atom stereocenters. The van der Waals surface area contributed by atoms with Crippen LogP contribution in [0, 0.1) is 3.57 Å². The van der Waals surface area contributed by atoms with E-state index in [4.69, 9.17) is 10.7 Å². The summed E-state index contributed by atoms with van der Waals surface area (Å²) in [5, 5.41) is 0. The molecule has 2 heterocycles. The Bertz CT molecular complexity index is 411. The van der Waals surface area contributed by atoms with E-state index < -0.39 is 0 Å². The third-order valence-corrected chi connectivity index (χ3v) is 4.35. The van der Waals surface area contributed by atoms with Crippen LogP contribution >= 0.6 is 22.6 Å². The molecule has 5 heteroatoms. The molecular formula is C11H15IN4. The molecule has 1 aromatic heterocycles. The summed E-state index contributed by atoms with van der Waals surface area (Å²) >= 11 is 2.27. The second-order valence-corrected chi connectivity index (χ2v) is 5.66. The summed E-state index contributed by atoms with van der Waals surface area (Å²) in [6, 6.07) is 0. The quantitative estimate of drug-likeness (QED) is 0.844. The molecule has 0 bridgehead atoms. The van der Waals surface area contributed by atoms with E-state index in [0.29, 0.717) is 11.7 Å². The molecule has 0 radical (unpaired) electrons. The van der Waals surface area contributed by atoms with Crippen molar-refractivity contribution in [3.8, 4) is 0 Å². The molecule has 1 saturated carbocycles. The maximum Gasteiger partial charge on any atom is 0.227 e. The maximum absolute atomic E-state index is 5.97. The zero-order valence-corrected chi connectivity index (χ0v) is 11.3. The SMILES string of the molecule is Nc1nc(N2CCCC2)nc(C2CC2)c1I. The van der Waals surface area contributed by atoms with E-state index in [2.05, 4.69) is 32.5 Å². The molecule has 1 aromatic rings. The highest BCUT2D eigenvalue weighted by Gasteiger charge is 2.30. The predicted octanol–water partition coefficient (Wildman–Crippen LogP) is 2.14. The number of halogens is 1. The third kappa shape index (κ3) is 1.85. The summed E-state index contributed by atoms with van der Waals surface area (Å²) in [5.41, 5.74) is 7.15. The lowest BCUT2D eigenvalue weighted by Crippen LogP contribution is -2.22. The molecular weight excluding hydrogens is 315 g/mol. The Hall–Kier alpha value is -0.590. The number of rotatable bonds is 2. The Balaban J connectivity index is 1.98. The summed E-state index contributed by atoms with van der Waals surface area (Å²) in [7, 11) is 0. The zero-order chi connectivity index (χ0) is 11.1. The normalized spacial score (nSPS) is 20.4. The van der Waals surface area contributed by atoms with Gasteiger partial charge < -0.3 is 10.6 Å². The van der Waals surface area contributed by atoms with Crippen LogP contribution in [0.25, 0.3) is 0 Å². The molecule has 3 rings (SSSR count). The fourth-order valence-electron chi connectivity index (χ4n) is 2.16. The molecule has 2 N–H and O–H groups in total. The van der Waals surface area contributed by atoms with Gasteiger partial charge in [-0.05, 0) is 48.3 Å². The van der Waals surface area contributed by atoms with E-state index in [1.807, 2.05) is 0 Å². The molecule has 0 atom stereocenters. The Labute approximate surface area is 109 Å². The van der Waals surface area contributed by atoms with E-state index in [9.17, 15) is 0 Å². The van der Waals surface area contributed by atoms with Crippen molar-refractivity contribution in [1.29, 1.82) is 0 Å². The molecule has 2 fully saturated rings. The van der Waals surface area contributed by atoms with Crippen molar-refractivity contribution in [3.05, 3.63) is 9.26 Å². The van der Waals surface area contributed by atoms with Crippen LogP contribution in [0.4, 0.5) is 11.8 Å². The average Bonchev–Trinajstić information content (AvgIpc) is 2.96. The maximum atomic E-state index is 5.97. The summed E-state index contributed by atoms with van der Waals surface area (Å²) in [5.74, 6) is 2.13. The highest BCUT2D eigenvalue weighted by molar-refractivity contribution is 14.1. The van der Waals surface area contributed by atoms with Gasteiger partial charge in [0.2, 0.25) is 5.95 Å². The van der Waals surface area contributed by atoms with Crippen molar-refractivity contribution in [3.63, 3.8) is 0 Å².